The van der Waals surface area contributed by atoms with Crippen LogP contribution in [0.1, 0.15) is 60.5 Å². The number of rotatable bonds is 7. The highest BCUT2D eigenvalue weighted by Crippen LogP contribution is 2.15. The number of aromatic carboxylic acids is 1. The van der Waals surface area contributed by atoms with Gasteiger partial charge in [-0.05, 0) is 30.5 Å². The van der Waals surface area contributed by atoms with E-state index in [1.54, 1.807) is 12.1 Å². The molecular weight excluding hydrogens is 226 g/mol. The van der Waals surface area contributed by atoms with Crippen molar-refractivity contribution in [2.45, 2.75) is 45.4 Å². The first-order chi connectivity index (χ1) is 8.69. The van der Waals surface area contributed by atoms with Crippen LogP contribution in [-0.4, -0.2) is 11.1 Å². The van der Waals surface area contributed by atoms with E-state index in [9.17, 15) is 4.79 Å². The number of carboxylic acids is 1. The third-order valence-corrected chi connectivity index (χ3v) is 3.03. The molecule has 18 heavy (non-hydrogen) atoms. The number of hydrogen-bond acceptors (Lipinski definition) is 2. The monoisotopic (exact) mass is 245 g/mol. The summed E-state index contributed by atoms with van der Waals surface area (Å²) in [4.78, 5) is 10.8. The fourth-order valence-corrected chi connectivity index (χ4v) is 1.95. The largest absolute Gasteiger partial charge is 0.478 e. The van der Waals surface area contributed by atoms with Crippen molar-refractivity contribution in [2.24, 2.45) is 0 Å². The van der Waals surface area contributed by atoms with Crippen molar-refractivity contribution in [1.82, 2.24) is 0 Å². The van der Waals surface area contributed by atoms with Crippen molar-refractivity contribution in [3.63, 3.8) is 0 Å². The van der Waals surface area contributed by atoms with E-state index in [1.807, 2.05) is 0 Å². The Kier molecular flexibility index (Phi) is 5.93. The maximum Gasteiger partial charge on any atom is 0.335 e. The number of hydrogen-bond donors (Lipinski definition) is 1. The summed E-state index contributed by atoms with van der Waals surface area (Å²) in [6, 6.07) is 6.88. The van der Waals surface area contributed by atoms with Gasteiger partial charge in [-0.1, -0.05) is 38.7 Å². The highest BCUT2D eigenvalue weighted by atomic mass is 16.4. The molecule has 0 aliphatic rings. The molecule has 0 aromatic heterocycles. The molecule has 0 heterocycles. The number of nitrogens with zero attached hydrogens (tertiary/aromatic N) is 1. The van der Waals surface area contributed by atoms with Crippen LogP contribution in [-0.2, 0) is 6.42 Å². The van der Waals surface area contributed by atoms with Crippen molar-refractivity contribution >= 4 is 5.97 Å². The average Bonchev–Trinajstić information content (AvgIpc) is 2.38. The zero-order valence-corrected chi connectivity index (χ0v) is 10.8. The lowest BCUT2D eigenvalue weighted by Gasteiger charge is -2.05. The lowest BCUT2D eigenvalue weighted by atomic mass is 9.99. The minimum Gasteiger partial charge on any atom is -0.478 e. The lowest BCUT2D eigenvalue weighted by molar-refractivity contribution is 0.0697. The molecule has 0 saturated carbocycles. The second-order valence-corrected chi connectivity index (χ2v) is 4.45. The van der Waals surface area contributed by atoms with E-state index in [4.69, 9.17) is 10.4 Å². The highest BCUT2D eigenvalue weighted by molar-refractivity contribution is 5.88. The second kappa shape index (κ2) is 7.50. The molecule has 0 radical (unpaired) electrons. The van der Waals surface area contributed by atoms with Crippen LogP contribution in [0.2, 0.25) is 0 Å². The van der Waals surface area contributed by atoms with Gasteiger partial charge < -0.3 is 5.11 Å². The van der Waals surface area contributed by atoms with Gasteiger partial charge >= 0.3 is 5.97 Å². The van der Waals surface area contributed by atoms with Gasteiger partial charge in [0, 0.05) is 0 Å². The molecule has 3 nitrogen and oxygen atoms in total. The van der Waals surface area contributed by atoms with Gasteiger partial charge in [-0.3, -0.25) is 0 Å². The molecule has 0 amide bonds. The maximum atomic E-state index is 10.8. The minimum absolute atomic E-state index is 0.182. The molecule has 0 atom stereocenters. The average molecular weight is 245 g/mol. The van der Waals surface area contributed by atoms with Crippen LogP contribution < -0.4 is 0 Å². The van der Waals surface area contributed by atoms with Crippen LogP contribution >= 0.6 is 0 Å². The summed E-state index contributed by atoms with van der Waals surface area (Å²) < 4.78 is 0. The van der Waals surface area contributed by atoms with Gasteiger partial charge in [0.25, 0.3) is 0 Å². The Balaban J connectivity index is 2.61. The normalized spacial score (nSPS) is 10.0. The Bertz CT molecular complexity index is 446. The molecule has 96 valence electrons. The number of aryl methyl sites for hydroxylation is 1. The Morgan fingerprint density at radius 3 is 2.61 bits per heavy atom. The van der Waals surface area contributed by atoms with Gasteiger partial charge in [-0.15, -0.1) is 0 Å². The van der Waals surface area contributed by atoms with E-state index in [0.29, 0.717) is 5.56 Å². The van der Waals surface area contributed by atoms with E-state index in [-0.39, 0.29) is 5.56 Å². The number of unbranched alkanes of at least 4 members (excludes halogenated alkanes) is 4. The molecular formula is C15H19NO2. The Morgan fingerprint density at radius 2 is 2.00 bits per heavy atom. The Labute approximate surface area is 108 Å². The number of benzene rings is 1. The first kappa shape index (κ1) is 14.2. The fraction of sp³-hybridized carbons (Fsp3) is 0.467. The van der Waals surface area contributed by atoms with Gasteiger partial charge in [0.15, 0.2) is 0 Å². The van der Waals surface area contributed by atoms with Gasteiger partial charge in [0.1, 0.15) is 0 Å². The molecule has 3 heteroatoms. The molecule has 1 rings (SSSR count). The summed E-state index contributed by atoms with van der Waals surface area (Å²) in [5.74, 6) is -0.985. The lowest BCUT2D eigenvalue weighted by Crippen LogP contribution is -1.99. The van der Waals surface area contributed by atoms with Gasteiger partial charge in [0.05, 0.1) is 17.2 Å². The van der Waals surface area contributed by atoms with Crippen LogP contribution in [0.25, 0.3) is 0 Å². The van der Waals surface area contributed by atoms with E-state index < -0.39 is 5.97 Å². The minimum atomic E-state index is -0.985. The molecule has 1 aromatic carbocycles. The summed E-state index contributed by atoms with van der Waals surface area (Å²) in [6.45, 7) is 2.18. The van der Waals surface area contributed by atoms with Crippen molar-refractivity contribution in [3.8, 4) is 6.07 Å². The smallest absolute Gasteiger partial charge is 0.335 e. The summed E-state index contributed by atoms with van der Waals surface area (Å²) in [5.41, 5.74) is 1.63. The highest BCUT2D eigenvalue weighted by Gasteiger charge is 2.07. The standard InChI is InChI=1S/C15H19NO2/c1-2-3-4-5-6-7-12-8-9-13(15(17)18)10-14(12)11-16/h8-10H,2-7H2,1H3,(H,17,18). The molecule has 0 bridgehead atoms. The zero-order chi connectivity index (χ0) is 13.4. The van der Waals surface area contributed by atoms with E-state index in [1.165, 1.54) is 31.7 Å². The molecule has 0 aliphatic heterocycles. The number of nitriles is 1. The zero-order valence-electron chi connectivity index (χ0n) is 10.8. The van der Waals surface area contributed by atoms with Crippen molar-refractivity contribution in [2.75, 3.05) is 0 Å². The molecule has 0 unspecified atom stereocenters. The summed E-state index contributed by atoms with van der Waals surface area (Å²) in [6.07, 6.45) is 6.78. The van der Waals surface area contributed by atoms with Crippen LogP contribution in [0.5, 0.6) is 0 Å². The summed E-state index contributed by atoms with van der Waals surface area (Å²) >= 11 is 0. The van der Waals surface area contributed by atoms with Crippen LogP contribution in [0.3, 0.4) is 0 Å². The first-order valence-corrected chi connectivity index (χ1v) is 6.45. The van der Waals surface area contributed by atoms with Crippen molar-refractivity contribution in [1.29, 1.82) is 5.26 Å². The molecule has 0 fully saturated rings. The van der Waals surface area contributed by atoms with Crippen LogP contribution in [0.15, 0.2) is 18.2 Å². The molecule has 0 aliphatic carbocycles. The van der Waals surface area contributed by atoms with Crippen LogP contribution in [0, 0.1) is 11.3 Å². The Morgan fingerprint density at radius 1 is 1.28 bits per heavy atom. The first-order valence-electron chi connectivity index (χ1n) is 6.45. The van der Waals surface area contributed by atoms with Gasteiger partial charge in [-0.25, -0.2) is 4.79 Å². The quantitative estimate of drug-likeness (QED) is 0.744. The maximum absolute atomic E-state index is 10.8. The molecule has 0 spiro atoms. The summed E-state index contributed by atoms with van der Waals surface area (Å²) in [7, 11) is 0. The van der Waals surface area contributed by atoms with Gasteiger partial charge in [0.2, 0.25) is 0 Å². The SMILES string of the molecule is CCCCCCCc1ccc(C(=O)O)cc1C#N. The third-order valence-electron chi connectivity index (χ3n) is 3.03. The second-order valence-electron chi connectivity index (χ2n) is 4.45. The van der Waals surface area contributed by atoms with Gasteiger partial charge in [-0.2, -0.15) is 5.26 Å². The van der Waals surface area contributed by atoms with E-state index in [0.717, 1.165) is 18.4 Å². The van der Waals surface area contributed by atoms with Crippen molar-refractivity contribution < 1.29 is 9.90 Å². The third kappa shape index (κ3) is 4.21. The molecule has 1 aromatic rings. The molecule has 0 saturated heterocycles. The van der Waals surface area contributed by atoms with E-state index in [2.05, 4.69) is 13.0 Å². The predicted molar refractivity (Wildman–Crippen MR) is 70.6 cm³/mol. The van der Waals surface area contributed by atoms with E-state index >= 15 is 0 Å². The predicted octanol–water partition coefficient (Wildman–Crippen LogP) is 3.77. The number of carboxylic acid groups (broad SMARTS) is 1. The Hall–Kier alpha value is -1.82. The number of carbonyl (C=O) groups is 1. The fourth-order valence-electron chi connectivity index (χ4n) is 1.95. The van der Waals surface area contributed by atoms with Crippen LogP contribution in [0.4, 0.5) is 0 Å². The van der Waals surface area contributed by atoms with Crippen molar-refractivity contribution in [3.05, 3.63) is 34.9 Å². The summed E-state index contributed by atoms with van der Waals surface area (Å²) in [5, 5.41) is 17.9. The molecule has 1 N–H and O–H groups in total. The topological polar surface area (TPSA) is 61.1 Å².